The van der Waals surface area contributed by atoms with E-state index in [2.05, 4.69) is 48.5 Å². The van der Waals surface area contributed by atoms with E-state index in [1.807, 2.05) is 11.8 Å². The molecule has 0 aliphatic carbocycles. The highest BCUT2D eigenvalue weighted by atomic mass is 32.2. The topological polar surface area (TPSA) is 20.2 Å². The predicted octanol–water partition coefficient (Wildman–Crippen LogP) is 4.34. The number of aliphatic hydroxyl groups is 1. The molecule has 2 atom stereocenters. The minimum absolute atomic E-state index is 0.161. The Morgan fingerprint density at radius 2 is 1.38 bits per heavy atom. The normalized spacial score (nSPS) is 16.9. The summed E-state index contributed by atoms with van der Waals surface area (Å²) in [4.78, 5) is 0. The zero-order valence-electron chi connectivity index (χ0n) is 12.1. The molecule has 16 heavy (non-hydrogen) atoms. The lowest BCUT2D eigenvalue weighted by atomic mass is 9.98. The van der Waals surface area contributed by atoms with Crippen molar-refractivity contribution >= 4 is 11.8 Å². The molecule has 0 amide bonds. The van der Waals surface area contributed by atoms with Crippen molar-refractivity contribution in [3.05, 3.63) is 0 Å². The monoisotopic (exact) mass is 246 g/mol. The number of thioether (sulfide) groups is 1. The molecular weight excluding hydrogens is 216 g/mol. The fraction of sp³-hybridized carbons (Fsp3) is 1.00. The molecule has 0 aromatic heterocycles. The summed E-state index contributed by atoms with van der Waals surface area (Å²) in [6.45, 7) is 15.5. The summed E-state index contributed by atoms with van der Waals surface area (Å²) < 4.78 is 0.234. The molecule has 0 bridgehead atoms. The van der Waals surface area contributed by atoms with E-state index in [1.165, 1.54) is 0 Å². The highest BCUT2D eigenvalue weighted by molar-refractivity contribution is 8.01. The van der Waals surface area contributed by atoms with Crippen LogP contribution in [-0.4, -0.2) is 21.2 Å². The summed E-state index contributed by atoms with van der Waals surface area (Å²) in [5.41, 5.74) is 0. The van der Waals surface area contributed by atoms with Crippen LogP contribution < -0.4 is 0 Å². The third-order valence-electron chi connectivity index (χ3n) is 2.35. The minimum Gasteiger partial charge on any atom is -0.392 e. The Bertz CT molecular complexity index is 182. The van der Waals surface area contributed by atoms with Gasteiger partial charge in [0.15, 0.2) is 0 Å². The Balaban J connectivity index is 4.41. The molecule has 0 radical (unpaired) electrons. The van der Waals surface area contributed by atoms with Crippen LogP contribution in [0.15, 0.2) is 0 Å². The van der Waals surface area contributed by atoms with E-state index in [9.17, 15) is 5.11 Å². The Morgan fingerprint density at radius 3 is 1.69 bits per heavy atom. The van der Waals surface area contributed by atoms with Gasteiger partial charge in [-0.25, -0.2) is 0 Å². The predicted molar refractivity (Wildman–Crippen MR) is 76.0 cm³/mol. The van der Waals surface area contributed by atoms with Gasteiger partial charge < -0.3 is 5.11 Å². The highest BCUT2D eigenvalue weighted by Gasteiger charge is 2.26. The number of hydrogen-bond donors (Lipinski definition) is 1. The van der Waals surface area contributed by atoms with Gasteiger partial charge in [0.1, 0.15) is 0 Å². The first kappa shape index (κ1) is 16.3. The van der Waals surface area contributed by atoms with Gasteiger partial charge in [0.25, 0.3) is 0 Å². The van der Waals surface area contributed by atoms with Gasteiger partial charge in [-0.3, -0.25) is 0 Å². The Hall–Kier alpha value is 0.310. The molecule has 0 saturated carbocycles. The number of hydrogen-bond acceptors (Lipinski definition) is 2. The minimum atomic E-state index is -0.161. The fourth-order valence-electron chi connectivity index (χ4n) is 1.84. The maximum Gasteiger partial charge on any atom is 0.0661 e. The lowest BCUT2D eigenvalue weighted by Gasteiger charge is -2.31. The van der Waals surface area contributed by atoms with E-state index in [4.69, 9.17) is 0 Å². The van der Waals surface area contributed by atoms with Gasteiger partial charge in [-0.15, -0.1) is 11.8 Å². The van der Waals surface area contributed by atoms with Crippen LogP contribution in [0.4, 0.5) is 0 Å². The third kappa shape index (κ3) is 8.46. The van der Waals surface area contributed by atoms with E-state index in [0.717, 1.165) is 12.8 Å². The van der Waals surface area contributed by atoms with Crippen molar-refractivity contribution in [3.8, 4) is 0 Å². The molecule has 0 aliphatic heterocycles. The fourth-order valence-corrected chi connectivity index (χ4v) is 3.49. The van der Waals surface area contributed by atoms with Crippen molar-refractivity contribution in [1.29, 1.82) is 0 Å². The molecule has 0 aliphatic rings. The Kier molecular flexibility index (Phi) is 7.04. The third-order valence-corrected chi connectivity index (χ3v) is 3.87. The molecule has 0 fully saturated rings. The summed E-state index contributed by atoms with van der Waals surface area (Å²) >= 11 is 1.93. The zero-order valence-corrected chi connectivity index (χ0v) is 12.9. The molecule has 0 rings (SSSR count). The zero-order chi connectivity index (χ0) is 12.9. The molecule has 1 unspecified atom stereocenters. The molecule has 2 heteroatoms. The van der Waals surface area contributed by atoms with Crippen LogP contribution in [0.1, 0.15) is 61.3 Å². The largest absolute Gasteiger partial charge is 0.392 e. The molecule has 0 spiro atoms. The summed E-state index contributed by atoms with van der Waals surface area (Å²) in [7, 11) is 0. The molecule has 1 nitrogen and oxygen atoms in total. The first-order valence-electron chi connectivity index (χ1n) is 6.47. The number of rotatable bonds is 6. The van der Waals surface area contributed by atoms with Crippen LogP contribution >= 0.6 is 11.8 Å². The van der Waals surface area contributed by atoms with Crippen molar-refractivity contribution in [3.63, 3.8) is 0 Å². The quantitative estimate of drug-likeness (QED) is 0.752. The van der Waals surface area contributed by atoms with Crippen LogP contribution in [0, 0.1) is 11.8 Å². The van der Waals surface area contributed by atoms with Gasteiger partial charge in [0, 0.05) is 10.00 Å². The molecule has 0 saturated heterocycles. The highest BCUT2D eigenvalue weighted by Crippen LogP contribution is 2.34. The van der Waals surface area contributed by atoms with Crippen molar-refractivity contribution < 1.29 is 5.11 Å². The van der Waals surface area contributed by atoms with Crippen molar-refractivity contribution in [2.24, 2.45) is 11.8 Å². The second-order valence-corrected chi connectivity index (χ2v) is 8.66. The lowest BCUT2D eigenvalue weighted by molar-refractivity contribution is 0.138. The smallest absolute Gasteiger partial charge is 0.0661 e. The molecule has 0 aromatic rings. The average molecular weight is 246 g/mol. The van der Waals surface area contributed by atoms with E-state index in [-0.39, 0.29) is 10.9 Å². The van der Waals surface area contributed by atoms with Crippen LogP contribution in [0.2, 0.25) is 0 Å². The summed E-state index contributed by atoms with van der Waals surface area (Å²) in [6.07, 6.45) is 1.86. The van der Waals surface area contributed by atoms with Crippen LogP contribution in [0.3, 0.4) is 0 Å². The second-order valence-electron chi connectivity index (χ2n) is 6.60. The van der Waals surface area contributed by atoms with Gasteiger partial charge in [-0.1, -0.05) is 48.5 Å². The summed E-state index contributed by atoms with van der Waals surface area (Å²) in [5, 5.41) is 10.6. The van der Waals surface area contributed by atoms with E-state index in [1.54, 1.807) is 0 Å². The first-order valence-corrected chi connectivity index (χ1v) is 7.35. The SMILES string of the molecule is CC(C)CC(O)[C@@H](CC(C)C)SC(C)(C)C. The Morgan fingerprint density at radius 1 is 0.938 bits per heavy atom. The maximum atomic E-state index is 10.3. The average Bonchev–Trinajstić information content (AvgIpc) is 1.97. The standard InChI is InChI=1S/C14H30OS/c1-10(2)8-12(15)13(9-11(3)4)16-14(5,6)7/h10-13,15H,8-9H2,1-7H3/t12?,13-/m1/s1. The summed E-state index contributed by atoms with van der Waals surface area (Å²) in [6, 6.07) is 0. The lowest BCUT2D eigenvalue weighted by Crippen LogP contribution is -2.30. The maximum absolute atomic E-state index is 10.3. The van der Waals surface area contributed by atoms with Gasteiger partial charge in [-0.2, -0.15) is 0 Å². The molecule has 98 valence electrons. The van der Waals surface area contributed by atoms with Crippen LogP contribution in [-0.2, 0) is 0 Å². The van der Waals surface area contributed by atoms with Crippen LogP contribution in [0.5, 0.6) is 0 Å². The molecule has 0 aromatic carbocycles. The number of aliphatic hydroxyl groups excluding tert-OH is 1. The van der Waals surface area contributed by atoms with E-state index in [0.29, 0.717) is 17.1 Å². The van der Waals surface area contributed by atoms with Crippen LogP contribution in [0.25, 0.3) is 0 Å². The molecule has 0 heterocycles. The second kappa shape index (κ2) is 6.90. The van der Waals surface area contributed by atoms with Crippen molar-refractivity contribution in [2.45, 2.75) is 77.4 Å². The van der Waals surface area contributed by atoms with E-state index < -0.39 is 0 Å². The van der Waals surface area contributed by atoms with Gasteiger partial charge in [-0.05, 0) is 24.7 Å². The molecule has 1 N–H and O–H groups in total. The molecular formula is C14H30OS. The summed E-state index contributed by atoms with van der Waals surface area (Å²) in [5.74, 6) is 1.23. The van der Waals surface area contributed by atoms with Crippen molar-refractivity contribution in [2.75, 3.05) is 0 Å². The Labute approximate surface area is 106 Å². The van der Waals surface area contributed by atoms with Gasteiger partial charge in [0.05, 0.1) is 6.10 Å². The van der Waals surface area contributed by atoms with Gasteiger partial charge >= 0.3 is 0 Å². The van der Waals surface area contributed by atoms with E-state index >= 15 is 0 Å². The first-order chi connectivity index (χ1) is 7.11. The van der Waals surface area contributed by atoms with Gasteiger partial charge in [0.2, 0.25) is 0 Å². The van der Waals surface area contributed by atoms with Crippen molar-refractivity contribution in [1.82, 2.24) is 0 Å².